The van der Waals surface area contributed by atoms with Gasteiger partial charge in [0.15, 0.2) is 5.71 Å². The van der Waals surface area contributed by atoms with Crippen LogP contribution in [0.5, 0.6) is 0 Å². The zero-order chi connectivity index (χ0) is 31.1. The van der Waals surface area contributed by atoms with Gasteiger partial charge in [-0.3, -0.25) is 9.11 Å². The molecule has 2 aromatic carbocycles. The van der Waals surface area contributed by atoms with Gasteiger partial charge in [0.1, 0.15) is 6.54 Å². The molecule has 2 aromatic rings. The van der Waals surface area contributed by atoms with Gasteiger partial charge in [-0.2, -0.15) is 21.4 Å². The zero-order valence-corrected chi connectivity index (χ0v) is 26.8. The molecular formula is C32H41N2O6S2+. The Hall–Kier alpha value is -3.05. The predicted octanol–water partition coefficient (Wildman–Crippen LogP) is 6.56. The first-order valence-corrected chi connectivity index (χ1v) is 17.1. The van der Waals surface area contributed by atoms with Gasteiger partial charge in [-0.05, 0) is 69.2 Å². The molecule has 4 rings (SSSR count). The lowest BCUT2D eigenvalue weighted by Crippen LogP contribution is -2.27. The minimum Gasteiger partial charge on any atom is -0.344 e. The van der Waals surface area contributed by atoms with Gasteiger partial charge in [-0.1, -0.05) is 51.8 Å². The quantitative estimate of drug-likeness (QED) is 0.135. The van der Waals surface area contributed by atoms with E-state index in [1.807, 2.05) is 45.1 Å². The largest absolute Gasteiger partial charge is 0.344 e. The van der Waals surface area contributed by atoms with Crippen LogP contribution in [0.2, 0.25) is 0 Å². The number of anilines is 1. The number of fused-ring (bicyclic) bond motifs is 2. The number of rotatable bonds is 10. The molecule has 8 nitrogen and oxygen atoms in total. The molecule has 0 bridgehead atoms. The topological polar surface area (TPSA) is 115 Å². The maximum atomic E-state index is 11.9. The van der Waals surface area contributed by atoms with Crippen molar-refractivity contribution < 1.29 is 30.5 Å². The normalized spacial score (nSPS) is 19.0. The van der Waals surface area contributed by atoms with Crippen LogP contribution < -0.4 is 4.90 Å². The third-order valence-electron chi connectivity index (χ3n) is 8.35. The average molecular weight is 614 g/mol. The third-order valence-corrected chi connectivity index (χ3v) is 10.1. The Morgan fingerprint density at radius 2 is 1.43 bits per heavy atom. The number of hydrogen-bond donors (Lipinski definition) is 2. The van der Waals surface area contributed by atoms with Crippen LogP contribution in [0, 0.1) is 0 Å². The molecule has 0 fully saturated rings. The first kappa shape index (κ1) is 31.9. The van der Waals surface area contributed by atoms with E-state index in [0.717, 1.165) is 59.7 Å². The first-order valence-electron chi connectivity index (χ1n) is 14.3. The summed E-state index contributed by atoms with van der Waals surface area (Å²) < 4.78 is 68.6. The van der Waals surface area contributed by atoms with Crippen LogP contribution in [-0.4, -0.2) is 49.3 Å². The molecule has 0 spiro atoms. The Labute approximate surface area is 250 Å². The van der Waals surface area contributed by atoms with Crippen LogP contribution in [-0.2, 0) is 31.1 Å². The molecule has 2 N–H and O–H groups in total. The van der Waals surface area contributed by atoms with Gasteiger partial charge < -0.3 is 4.90 Å². The van der Waals surface area contributed by atoms with E-state index >= 15 is 0 Å². The fraction of sp³-hybridized carbons (Fsp3) is 0.406. The molecule has 42 heavy (non-hydrogen) atoms. The SMILES string of the molecule is CCCCCN1/C(=C/C=C/C=C/C2=[N+](CC)c3ccc(S(=O)(=O)O)cc3C2(C)C)C(C)(C)c2cc(S(=O)(=O)O)ccc21. The second kappa shape index (κ2) is 11.6. The Morgan fingerprint density at radius 3 is 2.02 bits per heavy atom. The van der Waals surface area contributed by atoms with Gasteiger partial charge in [0, 0.05) is 41.1 Å². The van der Waals surface area contributed by atoms with Crippen molar-refractivity contribution in [3.8, 4) is 0 Å². The Kier molecular flexibility index (Phi) is 8.77. The lowest BCUT2D eigenvalue weighted by atomic mass is 9.81. The lowest BCUT2D eigenvalue weighted by Gasteiger charge is -2.27. The lowest BCUT2D eigenvalue weighted by molar-refractivity contribution is -0.433. The maximum absolute atomic E-state index is 11.9. The highest BCUT2D eigenvalue weighted by Gasteiger charge is 2.44. The molecule has 0 amide bonds. The molecule has 0 saturated carbocycles. The predicted molar refractivity (Wildman–Crippen MR) is 167 cm³/mol. The van der Waals surface area contributed by atoms with E-state index in [-0.39, 0.29) is 9.79 Å². The van der Waals surface area contributed by atoms with Crippen molar-refractivity contribution in [3.63, 3.8) is 0 Å². The monoisotopic (exact) mass is 613 g/mol. The minimum absolute atomic E-state index is 0.107. The molecule has 0 radical (unpaired) electrons. The van der Waals surface area contributed by atoms with E-state index in [2.05, 4.69) is 36.3 Å². The van der Waals surface area contributed by atoms with Gasteiger partial charge in [0.2, 0.25) is 5.69 Å². The fourth-order valence-electron chi connectivity index (χ4n) is 6.09. The smallest absolute Gasteiger partial charge is 0.294 e. The van der Waals surface area contributed by atoms with Crippen LogP contribution in [0.1, 0.15) is 71.9 Å². The molecule has 226 valence electrons. The second-order valence-electron chi connectivity index (χ2n) is 11.8. The zero-order valence-electron chi connectivity index (χ0n) is 25.1. The molecule has 0 aliphatic carbocycles. The van der Waals surface area contributed by atoms with Crippen LogP contribution in [0.25, 0.3) is 0 Å². The number of hydrogen-bond acceptors (Lipinski definition) is 5. The average Bonchev–Trinajstić information content (AvgIpc) is 3.25. The highest BCUT2D eigenvalue weighted by molar-refractivity contribution is 7.86. The standard InChI is InChI=1S/C32H40N2O6S2/c1-7-9-13-20-34-28-19-17-24(42(38,39)40)22-26(28)32(5,6)30(34)15-12-10-11-14-29-31(3,4)25-21-23(41(35,36)37)16-18-27(25)33(29)8-2/h10-12,14-19,21-22H,7-9,13,20H2,1-6H3,(H-,35,36,37,38,39,40)/p+1. The van der Waals surface area contributed by atoms with Crippen molar-refractivity contribution in [1.82, 2.24) is 0 Å². The number of unbranched alkanes of at least 4 members (excludes halogenated alkanes) is 2. The molecule has 0 aromatic heterocycles. The van der Waals surface area contributed by atoms with Crippen LogP contribution in [0.15, 0.2) is 82.3 Å². The van der Waals surface area contributed by atoms with Crippen molar-refractivity contribution in [3.05, 3.63) is 83.6 Å². The fourth-order valence-corrected chi connectivity index (χ4v) is 7.10. The molecule has 2 heterocycles. The summed E-state index contributed by atoms with van der Waals surface area (Å²) in [5.41, 5.74) is 4.64. The Balaban J connectivity index is 1.66. The highest BCUT2D eigenvalue weighted by atomic mass is 32.2. The van der Waals surface area contributed by atoms with Gasteiger partial charge in [0.05, 0.1) is 15.2 Å². The first-order chi connectivity index (χ1) is 19.5. The van der Waals surface area contributed by atoms with E-state index in [4.69, 9.17) is 0 Å². The number of benzene rings is 2. The van der Waals surface area contributed by atoms with Crippen molar-refractivity contribution >= 4 is 37.3 Å². The molecule has 10 heteroatoms. The minimum atomic E-state index is -4.32. The number of nitrogens with zero attached hydrogens (tertiary/aromatic N) is 2. The number of allylic oxidation sites excluding steroid dienone is 6. The van der Waals surface area contributed by atoms with Gasteiger partial charge in [0.25, 0.3) is 20.2 Å². The van der Waals surface area contributed by atoms with Crippen LogP contribution >= 0.6 is 0 Å². The summed E-state index contributed by atoms with van der Waals surface area (Å²) in [6, 6.07) is 9.53. The summed E-state index contributed by atoms with van der Waals surface area (Å²) in [7, 11) is -8.63. The van der Waals surface area contributed by atoms with Gasteiger partial charge in [-0.25, -0.2) is 0 Å². The van der Waals surface area contributed by atoms with Crippen molar-refractivity contribution in [2.75, 3.05) is 18.0 Å². The van der Waals surface area contributed by atoms with Gasteiger partial charge in [-0.15, -0.1) is 0 Å². The maximum Gasteiger partial charge on any atom is 0.294 e. The van der Waals surface area contributed by atoms with Gasteiger partial charge >= 0.3 is 0 Å². The summed E-state index contributed by atoms with van der Waals surface area (Å²) in [6.45, 7) is 13.9. The molecule has 2 aliphatic heterocycles. The van der Waals surface area contributed by atoms with Crippen LogP contribution in [0.4, 0.5) is 11.4 Å². The van der Waals surface area contributed by atoms with E-state index in [9.17, 15) is 25.9 Å². The second-order valence-corrected chi connectivity index (χ2v) is 14.7. The Morgan fingerprint density at radius 1 is 0.810 bits per heavy atom. The summed E-state index contributed by atoms with van der Waals surface area (Å²) in [5.74, 6) is 0. The van der Waals surface area contributed by atoms with E-state index in [1.165, 1.54) is 12.1 Å². The summed E-state index contributed by atoms with van der Waals surface area (Å²) in [6.07, 6.45) is 13.1. The molecule has 0 atom stereocenters. The van der Waals surface area contributed by atoms with E-state index in [0.29, 0.717) is 6.54 Å². The Bertz CT molecular complexity index is 1730. The molecule has 0 unspecified atom stereocenters. The highest BCUT2D eigenvalue weighted by Crippen LogP contribution is 2.48. The summed E-state index contributed by atoms with van der Waals surface area (Å²) >= 11 is 0. The van der Waals surface area contributed by atoms with Crippen LogP contribution in [0.3, 0.4) is 0 Å². The summed E-state index contributed by atoms with van der Waals surface area (Å²) in [4.78, 5) is 2.02. The third kappa shape index (κ3) is 5.90. The van der Waals surface area contributed by atoms with Crippen molar-refractivity contribution in [1.29, 1.82) is 0 Å². The van der Waals surface area contributed by atoms with Crippen molar-refractivity contribution in [2.24, 2.45) is 0 Å². The molecule has 0 saturated heterocycles. The van der Waals surface area contributed by atoms with Crippen molar-refractivity contribution in [2.45, 2.75) is 81.4 Å². The van der Waals surface area contributed by atoms with E-state index < -0.39 is 31.1 Å². The summed E-state index contributed by atoms with van der Waals surface area (Å²) in [5, 5.41) is 0. The molecular weight excluding hydrogens is 572 g/mol. The molecule has 2 aliphatic rings. The van der Waals surface area contributed by atoms with E-state index in [1.54, 1.807) is 24.3 Å².